The lowest BCUT2D eigenvalue weighted by atomic mass is 10.3. The van der Waals surface area contributed by atoms with Gasteiger partial charge in [0.05, 0.1) is 6.61 Å². The van der Waals surface area contributed by atoms with Gasteiger partial charge in [0.2, 0.25) is 0 Å². The molecule has 0 fully saturated rings. The van der Waals surface area contributed by atoms with Crippen LogP contribution in [0.3, 0.4) is 0 Å². The van der Waals surface area contributed by atoms with Gasteiger partial charge in [-0.15, -0.1) is 24.5 Å². The first-order valence-electron chi connectivity index (χ1n) is 6.60. The van der Waals surface area contributed by atoms with Gasteiger partial charge < -0.3 is 14.8 Å². The highest BCUT2D eigenvalue weighted by atomic mass is 32.1. The third-order valence-electron chi connectivity index (χ3n) is 2.56. The Kier molecular flexibility index (Phi) is 5.43. The summed E-state index contributed by atoms with van der Waals surface area (Å²) in [6, 6.07) is 0. The van der Waals surface area contributed by atoms with Gasteiger partial charge in [-0.25, -0.2) is 9.78 Å². The zero-order chi connectivity index (χ0) is 16.9. The second-order valence-electron chi connectivity index (χ2n) is 4.30. The summed E-state index contributed by atoms with van der Waals surface area (Å²) in [5.74, 6) is -0.826. The molecule has 124 valence electrons. The van der Waals surface area contributed by atoms with Crippen molar-refractivity contribution in [1.82, 2.24) is 4.98 Å². The minimum absolute atomic E-state index is 0.181. The van der Waals surface area contributed by atoms with Crippen molar-refractivity contribution >= 4 is 22.4 Å². The van der Waals surface area contributed by atoms with Crippen LogP contribution in [0.15, 0.2) is 41.1 Å². The topological polar surface area (TPSA) is 60.5 Å². The molecule has 23 heavy (non-hydrogen) atoms. The minimum Gasteiger partial charge on any atom is -0.461 e. The molecule has 1 heterocycles. The lowest BCUT2D eigenvalue weighted by Crippen LogP contribution is -2.11. The van der Waals surface area contributed by atoms with E-state index in [1.54, 1.807) is 12.3 Å². The summed E-state index contributed by atoms with van der Waals surface area (Å²) in [7, 11) is 0. The van der Waals surface area contributed by atoms with Crippen LogP contribution in [0.2, 0.25) is 0 Å². The van der Waals surface area contributed by atoms with Crippen molar-refractivity contribution < 1.29 is 27.4 Å². The molecule has 0 amide bonds. The molecule has 0 radical (unpaired) electrons. The van der Waals surface area contributed by atoms with E-state index in [1.165, 1.54) is 35.6 Å². The predicted octanol–water partition coefficient (Wildman–Crippen LogP) is 4.00. The van der Waals surface area contributed by atoms with E-state index in [4.69, 9.17) is 4.74 Å². The van der Waals surface area contributed by atoms with Crippen molar-refractivity contribution in [3.8, 4) is 0 Å². The smallest absolute Gasteiger partial charge is 0.461 e. The fourth-order valence-corrected chi connectivity index (χ4v) is 2.38. The van der Waals surface area contributed by atoms with Crippen LogP contribution in [0.4, 0.5) is 18.3 Å². The minimum atomic E-state index is -4.73. The number of rotatable bonds is 5. The highest BCUT2D eigenvalue weighted by Crippen LogP contribution is 2.24. The van der Waals surface area contributed by atoms with Crippen LogP contribution in [0.25, 0.3) is 0 Å². The molecule has 0 spiro atoms. The quantitative estimate of drug-likeness (QED) is 0.817. The van der Waals surface area contributed by atoms with Gasteiger partial charge >= 0.3 is 12.3 Å². The van der Waals surface area contributed by atoms with Crippen molar-refractivity contribution in [2.45, 2.75) is 19.7 Å². The number of anilines is 1. The molecule has 0 saturated carbocycles. The van der Waals surface area contributed by atoms with Gasteiger partial charge in [-0.3, -0.25) is 0 Å². The number of nitrogens with one attached hydrogen (secondary N) is 1. The van der Waals surface area contributed by atoms with E-state index in [2.05, 4.69) is 15.0 Å². The number of carbonyl (C=O) groups excluding carboxylic acids is 1. The number of hydrogen-bond donors (Lipinski definition) is 1. The highest BCUT2D eigenvalue weighted by molar-refractivity contribution is 7.13. The SMILES string of the molecule is CCOC(=O)c1csc(NC2=CC=C(OC(F)(F)F)C=CC2)n1. The van der Waals surface area contributed by atoms with E-state index in [1.807, 2.05) is 0 Å². The van der Waals surface area contributed by atoms with Crippen molar-refractivity contribution in [3.05, 3.63) is 46.8 Å². The van der Waals surface area contributed by atoms with Crippen LogP contribution in [-0.2, 0) is 9.47 Å². The van der Waals surface area contributed by atoms with Crippen molar-refractivity contribution in [2.75, 3.05) is 11.9 Å². The van der Waals surface area contributed by atoms with Gasteiger partial charge in [0, 0.05) is 17.5 Å². The second-order valence-corrected chi connectivity index (χ2v) is 5.16. The van der Waals surface area contributed by atoms with E-state index >= 15 is 0 Å². The number of halogens is 3. The lowest BCUT2D eigenvalue weighted by molar-refractivity contribution is -0.303. The molecule has 5 nitrogen and oxygen atoms in total. The van der Waals surface area contributed by atoms with Crippen LogP contribution in [0.1, 0.15) is 23.8 Å². The number of esters is 1. The number of allylic oxidation sites excluding steroid dienone is 4. The molecule has 1 aliphatic rings. The number of carbonyl (C=O) groups is 1. The number of aromatic nitrogens is 1. The Morgan fingerprint density at radius 2 is 2.22 bits per heavy atom. The standard InChI is InChI=1S/C14H13F3N2O3S/c1-2-21-12(20)11-8-23-13(19-11)18-9-4-3-5-10(7-6-9)22-14(15,16)17/h3,5-8H,2,4H2,1H3,(H,18,19). The van der Waals surface area contributed by atoms with E-state index in [0.29, 0.717) is 17.2 Å². The Hall–Kier alpha value is -2.29. The van der Waals surface area contributed by atoms with Gasteiger partial charge in [0.15, 0.2) is 10.8 Å². The van der Waals surface area contributed by atoms with Crippen molar-refractivity contribution in [1.29, 1.82) is 0 Å². The Balaban J connectivity index is 2.03. The molecule has 1 aromatic heterocycles. The summed E-state index contributed by atoms with van der Waals surface area (Å²) in [6.07, 6.45) is 1.08. The first-order valence-corrected chi connectivity index (χ1v) is 7.48. The summed E-state index contributed by atoms with van der Waals surface area (Å²) < 4.78 is 45.2. The third-order valence-corrected chi connectivity index (χ3v) is 3.32. The van der Waals surface area contributed by atoms with Gasteiger partial charge in [-0.05, 0) is 25.2 Å². The largest absolute Gasteiger partial charge is 0.573 e. The normalized spacial score (nSPS) is 14.6. The molecule has 0 aromatic carbocycles. The van der Waals surface area contributed by atoms with Crippen LogP contribution >= 0.6 is 11.3 Å². The summed E-state index contributed by atoms with van der Waals surface area (Å²) in [5, 5.41) is 4.94. The van der Waals surface area contributed by atoms with Crippen LogP contribution in [0.5, 0.6) is 0 Å². The molecule has 1 aliphatic carbocycles. The first-order chi connectivity index (χ1) is 10.9. The van der Waals surface area contributed by atoms with Gasteiger partial charge in [0.25, 0.3) is 0 Å². The maximum atomic E-state index is 12.2. The van der Waals surface area contributed by atoms with E-state index in [0.717, 1.165) is 0 Å². The maximum absolute atomic E-state index is 12.2. The van der Waals surface area contributed by atoms with Crippen molar-refractivity contribution in [3.63, 3.8) is 0 Å². The number of nitrogens with zero attached hydrogens (tertiary/aromatic N) is 1. The Morgan fingerprint density at radius 1 is 1.43 bits per heavy atom. The molecule has 0 unspecified atom stereocenters. The summed E-state index contributed by atoms with van der Waals surface area (Å²) in [5.41, 5.74) is 0.799. The average molecular weight is 346 g/mol. The molecule has 9 heteroatoms. The Morgan fingerprint density at radius 3 is 2.91 bits per heavy atom. The molecule has 1 aromatic rings. The lowest BCUT2D eigenvalue weighted by Gasteiger charge is -2.08. The second kappa shape index (κ2) is 7.32. The fourth-order valence-electron chi connectivity index (χ4n) is 1.67. The van der Waals surface area contributed by atoms with Gasteiger partial charge in [0.1, 0.15) is 5.76 Å². The zero-order valence-electron chi connectivity index (χ0n) is 12.0. The molecule has 1 N–H and O–H groups in total. The molecule has 0 atom stereocenters. The summed E-state index contributed by atoms with van der Waals surface area (Å²) in [4.78, 5) is 15.6. The molecule has 0 aliphatic heterocycles. The zero-order valence-corrected chi connectivity index (χ0v) is 12.8. The fraction of sp³-hybridized carbons (Fsp3) is 0.286. The molecular formula is C14H13F3N2O3S. The van der Waals surface area contributed by atoms with E-state index in [9.17, 15) is 18.0 Å². The number of hydrogen-bond acceptors (Lipinski definition) is 6. The number of thiazole rings is 1. The monoisotopic (exact) mass is 346 g/mol. The van der Waals surface area contributed by atoms with Crippen LogP contribution in [0, 0.1) is 0 Å². The maximum Gasteiger partial charge on any atom is 0.573 e. The Labute approximate surface area is 134 Å². The molecule has 2 rings (SSSR count). The van der Waals surface area contributed by atoms with Crippen LogP contribution < -0.4 is 5.32 Å². The molecule has 0 bridgehead atoms. The molecular weight excluding hydrogens is 333 g/mol. The predicted molar refractivity (Wildman–Crippen MR) is 78.8 cm³/mol. The average Bonchev–Trinajstić information content (AvgIpc) is 2.81. The molecule has 0 saturated heterocycles. The summed E-state index contributed by atoms with van der Waals surface area (Å²) >= 11 is 1.20. The Bertz CT molecular complexity index is 662. The van der Waals surface area contributed by atoms with Gasteiger partial charge in [-0.1, -0.05) is 6.08 Å². The third kappa shape index (κ3) is 5.44. The summed E-state index contributed by atoms with van der Waals surface area (Å²) in [6.45, 7) is 1.95. The van der Waals surface area contributed by atoms with E-state index in [-0.39, 0.29) is 18.1 Å². The number of ether oxygens (including phenoxy) is 2. The number of alkyl halides is 3. The highest BCUT2D eigenvalue weighted by Gasteiger charge is 2.31. The van der Waals surface area contributed by atoms with Gasteiger partial charge in [-0.2, -0.15) is 0 Å². The first kappa shape index (κ1) is 17.1. The van der Waals surface area contributed by atoms with Crippen molar-refractivity contribution in [2.24, 2.45) is 0 Å². The van der Waals surface area contributed by atoms with E-state index < -0.39 is 12.3 Å². The van der Waals surface area contributed by atoms with Crippen LogP contribution in [-0.4, -0.2) is 23.9 Å².